The van der Waals surface area contributed by atoms with Crippen LogP contribution in [0, 0.1) is 0 Å². The van der Waals surface area contributed by atoms with Crippen molar-refractivity contribution < 1.29 is 9.53 Å². The summed E-state index contributed by atoms with van der Waals surface area (Å²) in [5.74, 6) is 0.462. The zero-order valence-electron chi connectivity index (χ0n) is 13.7. The first kappa shape index (κ1) is 15.3. The molecule has 1 aromatic carbocycles. The number of rotatable bonds is 4. The van der Waals surface area contributed by atoms with Crippen LogP contribution in [-0.4, -0.2) is 51.0 Å². The van der Waals surface area contributed by atoms with Gasteiger partial charge in [-0.1, -0.05) is 35.5 Å². The standard InChI is InChI=1S/C18H17N5O2/c1-25-17-8-7-14(9-19-17)18(24)22-10-15(11-22)23-12-16(20-21-23)13-5-3-2-4-6-13/h2-9,12,15H,10-11H2,1H3. The highest BCUT2D eigenvalue weighted by atomic mass is 16.5. The molecule has 4 rings (SSSR count). The van der Waals surface area contributed by atoms with E-state index in [1.165, 1.54) is 6.20 Å². The quantitative estimate of drug-likeness (QED) is 0.729. The molecule has 0 bridgehead atoms. The van der Waals surface area contributed by atoms with Gasteiger partial charge in [0.15, 0.2) is 0 Å². The Morgan fingerprint density at radius 1 is 1.16 bits per heavy atom. The van der Waals surface area contributed by atoms with Gasteiger partial charge in [-0.2, -0.15) is 0 Å². The molecule has 0 saturated carbocycles. The average molecular weight is 335 g/mol. The van der Waals surface area contributed by atoms with Crippen LogP contribution in [-0.2, 0) is 0 Å². The third kappa shape index (κ3) is 2.96. The maximum Gasteiger partial charge on any atom is 0.255 e. The Bertz CT molecular complexity index is 870. The molecule has 0 spiro atoms. The van der Waals surface area contributed by atoms with Crippen LogP contribution in [0.5, 0.6) is 5.88 Å². The molecule has 126 valence electrons. The second kappa shape index (κ2) is 6.35. The van der Waals surface area contributed by atoms with Gasteiger partial charge in [0.25, 0.3) is 5.91 Å². The minimum Gasteiger partial charge on any atom is -0.481 e. The van der Waals surface area contributed by atoms with E-state index in [4.69, 9.17) is 4.74 Å². The van der Waals surface area contributed by atoms with E-state index in [1.807, 2.05) is 41.2 Å². The largest absolute Gasteiger partial charge is 0.481 e. The SMILES string of the molecule is COc1ccc(C(=O)N2CC(n3cc(-c4ccccc4)nn3)C2)cn1. The summed E-state index contributed by atoms with van der Waals surface area (Å²) in [6, 6.07) is 13.5. The number of carbonyl (C=O) groups is 1. The van der Waals surface area contributed by atoms with Crippen molar-refractivity contribution in [3.63, 3.8) is 0 Å². The van der Waals surface area contributed by atoms with E-state index in [2.05, 4.69) is 15.3 Å². The van der Waals surface area contributed by atoms with Crippen LogP contribution in [0.1, 0.15) is 16.4 Å². The van der Waals surface area contributed by atoms with Crippen molar-refractivity contribution in [2.45, 2.75) is 6.04 Å². The topological polar surface area (TPSA) is 73.1 Å². The first-order valence-electron chi connectivity index (χ1n) is 8.01. The van der Waals surface area contributed by atoms with Crippen molar-refractivity contribution in [2.75, 3.05) is 20.2 Å². The lowest BCUT2D eigenvalue weighted by atomic mass is 10.1. The second-order valence-corrected chi connectivity index (χ2v) is 5.90. The smallest absolute Gasteiger partial charge is 0.255 e. The number of methoxy groups -OCH3 is 1. The molecule has 0 atom stereocenters. The van der Waals surface area contributed by atoms with Gasteiger partial charge in [0.05, 0.1) is 24.9 Å². The Hall–Kier alpha value is -3.22. The van der Waals surface area contributed by atoms with Gasteiger partial charge in [0.1, 0.15) is 5.69 Å². The maximum absolute atomic E-state index is 12.4. The predicted molar refractivity (Wildman–Crippen MR) is 91.2 cm³/mol. The number of hydrogen-bond acceptors (Lipinski definition) is 5. The summed E-state index contributed by atoms with van der Waals surface area (Å²) in [5.41, 5.74) is 2.43. The molecule has 3 aromatic rings. The number of benzene rings is 1. The average Bonchev–Trinajstić information content (AvgIpc) is 3.11. The summed E-state index contributed by atoms with van der Waals surface area (Å²) in [7, 11) is 1.55. The van der Waals surface area contributed by atoms with Gasteiger partial charge in [-0.15, -0.1) is 5.10 Å². The first-order valence-corrected chi connectivity index (χ1v) is 8.01. The molecule has 0 radical (unpaired) electrons. The van der Waals surface area contributed by atoms with Crippen LogP contribution < -0.4 is 4.74 Å². The van der Waals surface area contributed by atoms with Crippen LogP contribution in [0.4, 0.5) is 0 Å². The van der Waals surface area contributed by atoms with Gasteiger partial charge in [0, 0.05) is 30.9 Å². The van der Waals surface area contributed by atoms with E-state index in [9.17, 15) is 4.79 Å². The number of aromatic nitrogens is 4. The molecule has 1 aliphatic heterocycles. The highest BCUT2D eigenvalue weighted by molar-refractivity contribution is 5.94. The Morgan fingerprint density at radius 3 is 2.64 bits per heavy atom. The van der Waals surface area contributed by atoms with Crippen molar-refractivity contribution >= 4 is 5.91 Å². The van der Waals surface area contributed by atoms with E-state index in [-0.39, 0.29) is 11.9 Å². The van der Waals surface area contributed by atoms with Crippen molar-refractivity contribution in [2.24, 2.45) is 0 Å². The Balaban J connectivity index is 1.40. The molecule has 2 aromatic heterocycles. The lowest BCUT2D eigenvalue weighted by Crippen LogP contribution is -2.50. The lowest BCUT2D eigenvalue weighted by Gasteiger charge is -2.38. The van der Waals surface area contributed by atoms with Gasteiger partial charge in [-0.25, -0.2) is 9.67 Å². The molecule has 7 heteroatoms. The zero-order chi connectivity index (χ0) is 17.2. The van der Waals surface area contributed by atoms with E-state index in [0.717, 1.165) is 11.3 Å². The summed E-state index contributed by atoms with van der Waals surface area (Å²) in [6.45, 7) is 1.23. The third-order valence-electron chi connectivity index (χ3n) is 4.30. The number of ether oxygens (including phenoxy) is 1. The minimum absolute atomic E-state index is 0.0326. The Morgan fingerprint density at radius 2 is 1.96 bits per heavy atom. The third-order valence-corrected chi connectivity index (χ3v) is 4.30. The minimum atomic E-state index is -0.0326. The number of hydrogen-bond donors (Lipinski definition) is 0. The molecule has 0 unspecified atom stereocenters. The van der Waals surface area contributed by atoms with E-state index in [0.29, 0.717) is 24.5 Å². The van der Waals surface area contributed by atoms with E-state index in [1.54, 1.807) is 24.1 Å². The fourth-order valence-electron chi connectivity index (χ4n) is 2.79. The van der Waals surface area contributed by atoms with Crippen LogP contribution >= 0.6 is 0 Å². The van der Waals surface area contributed by atoms with Crippen LogP contribution in [0.2, 0.25) is 0 Å². The number of likely N-dealkylation sites (tertiary alicyclic amines) is 1. The Labute approximate surface area is 144 Å². The van der Waals surface area contributed by atoms with E-state index >= 15 is 0 Å². The summed E-state index contributed by atoms with van der Waals surface area (Å²) >= 11 is 0. The fourth-order valence-corrected chi connectivity index (χ4v) is 2.79. The molecule has 1 amide bonds. The Kier molecular flexibility index (Phi) is 3.89. The molecule has 7 nitrogen and oxygen atoms in total. The molecule has 0 N–H and O–H groups in total. The van der Waals surface area contributed by atoms with Crippen molar-refractivity contribution in [1.82, 2.24) is 24.9 Å². The summed E-state index contributed by atoms with van der Waals surface area (Å²) < 4.78 is 6.84. The predicted octanol–water partition coefficient (Wildman–Crippen LogP) is 2.05. The maximum atomic E-state index is 12.4. The van der Waals surface area contributed by atoms with Gasteiger partial charge in [0.2, 0.25) is 5.88 Å². The lowest BCUT2D eigenvalue weighted by molar-refractivity contribution is 0.0498. The summed E-state index contributed by atoms with van der Waals surface area (Å²) in [5, 5.41) is 8.43. The van der Waals surface area contributed by atoms with E-state index < -0.39 is 0 Å². The first-order chi connectivity index (χ1) is 12.2. The molecule has 1 aliphatic rings. The summed E-state index contributed by atoms with van der Waals surface area (Å²) in [4.78, 5) is 18.3. The molecule has 0 aliphatic carbocycles. The van der Waals surface area contributed by atoms with Gasteiger partial charge >= 0.3 is 0 Å². The number of pyridine rings is 1. The molecule has 1 saturated heterocycles. The second-order valence-electron chi connectivity index (χ2n) is 5.90. The van der Waals surface area contributed by atoms with Gasteiger partial charge in [-0.3, -0.25) is 4.79 Å². The molecular formula is C18H17N5O2. The normalized spacial score (nSPS) is 14.2. The number of carbonyl (C=O) groups excluding carboxylic acids is 1. The highest BCUT2D eigenvalue weighted by Crippen LogP contribution is 2.24. The van der Waals surface area contributed by atoms with Gasteiger partial charge in [-0.05, 0) is 6.07 Å². The van der Waals surface area contributed by atoms with Crippen LogP contribution in [0.15, 0.2) is 54.9 Å². The summed E-state index contributed by atoms with van der Waals surface area (Å²) in [6.07, 6.45) is 3.47. The fraction of sp³-hybridized carbons (Fsp3) is 0.222. The van der Waals surface area contributed by atoms with Crippen molar-refractivity contribution in [3.8, 4) is 17.1 Å². The molecule has 25 heavy (non-hydrogen) atoms. The highest BCUT2D eigenvalue weighted by Gasteiger charge is 2.33. The van der Waals surface area contributed by atoms with Crippen LogP contribution in [0.3, 0.4) is 0 Å². The zero-order valence-corrected chi connectivity index (χ0v) is 13.7. The molecule has 3 heterocycles. The van der Waals surface area contributed by atoms with Crippen LogP contribution in [0.25, 0.3) is 11.3 Å². The monoisotopic (exact) mass is 335 g/mol. The molecular weight excluding hydrogens is 318 g/mol. The number of amides is 1. The molecule has 1 fully saturated rings. The van der Waals surface area contributed by atoms with Crippen molar-refractivity contribution in [3.05, 3.63) is 60.4 Å². The number of nitrogens with zero attached hydrogens (tertiary/aromatic N) is 5. The van der Waals surface area contributed by atoms with Crippen molar-refractivity contribution in [1.29, 1.82) is 0 Å². The van der Waals surface area contributed by atoms with Gasteiger partial charge < -0.3 is 9.64 Å².